The van der Waals surface area contributed by atoms with Gasteiger partial charge in [0, 0.05) is 5.69 Å². The number of amides is 1. The number of hydrogen-bond donors (Lipinski definition) is 2. The van der Waals surface area contributed by atoms with Crippen molar-refractivity contribution in [1.82, 2.24) is 19.9 Å². The Morgan fingerprint density at radius 2 is 1.93 bits per heavy atom. The summed E-state index contributed by atoms with van der Waals surface area (Å²) in [4.78, 5) is 12.2. The van der Waals surface area contributed by atoms with Gasteiger partial charge in [0.1, 0.15) is 12.3 Å². The van der Waals surface area contributed by atoms with E-state index < -0.39 is 10.0 Å². The summed E-state index contributed by atoms with van der Waals surface area (Å²) >= 11 is 0. The Bertz CT molecular complexity index is 1150. The maximum absolute atomic E-state index is 12.4. The monoisotopic (exact) mass is 429 g/mol. The van der Waals surface area contributed by atoms with Crippen molar-refractivity contribution >= 4 is 21.6 Å². The fourth-order valence-electron chi connectivity index (χ4n) is 2.76. The highest BCUT2D eigenvalue weighted by molar-refractivity contribution is 7.89. The van der Waals surface area contributed by atoms with E-state index in [1.807, 2.05) is 19.9 Å². The van der Waals surface area contributed by atoms with E-state index in [0.717, 1.165) is 11.4 Å². The molecule has 0 aliphatic heterocycles. The Morgan fingerprint density at radius 1 is 1.20 bits per heavy atom. The fourth-order valence-corrected chi connectivity index (χ4v) is 3.75. The molecule has 0 bridgehead atoms. The van der Waals surface area contributed by atoms with Crippen molar-refractivity contribution in [2.75, 3.05) is 0 Å². The normalized spacial score (nSPS) is 12.2. The highest BCUT2D eigenvalue weighted by Crippen LogP contribution is 2.12. The molecule has 0 atom stereocenters. The molecule has 9 nitrogen and oxygen atoms in total. The lowest BCUT2D eigenvalue weighted by Gasteiger charge is -2.07. The van der Waals surface area contributed by atoms with Crippen LogP contribution in [0.25, 0.3) is 0 Å². The first-order valence-corrected chi connectivity index (χ1v) is 10.7. The summed E-state index contributed by atoms with van der Waals surface area (Å²) in [6, 6.07) is 11.5. The molecule has 2 N–H and O–H groups in total. The average molecular weight is 430 g/mol. The topological polar surface area (TPSA) is 119 Å². The number of sulfonamides is 1. The molecule has 1 aromatic carbocycles. The molecule has 0 fully saturated rings. The van der Waals surface area contributed by atoms with Crippen LogP contribution in [0.5, 0.6) is 0 Å². The van der Waals surface area contributed by atoms with Gasteiger partial charge in [-0.25, -0.2) is 18.6 Å². The molecular weight excluding hydrogens is 406 g/mol. The minimum Gasteiger partial charge on any atom is -0.468 e. The van der Waals surface area contributed by atoms with Gasteiger partial charge in [-0.3, -0.25) is 9.48 Å². The van der Waals surface area contributed by atoms with Gasteiger partial charge < -0.3 is 4.42 Å². The third-order valence-electron chi connectivity index (χ3n) is 4.34. The van der Waals surface area contributed by atoms with Crippen LogP contribution < -0.4 is 10.1 Å². The lowest BCUT2D eigenvalue weighted by molar-refractivity contribution is -0.121. The Hall–Kier alpha value is -3.24. The third-order valence-corrected chi connectivity index (χ3v) is 5.76. The summed E-state index contributed by atoms with van der Waals surface area (Å²) in [5.41, 5.74) is 5.46. The predicted octanol–water partition coefficient (Wildman–Crippen LogP) is 2.11. The van der Waals surface area contributed by atoms with Crippen LogP contribution in [-0.4, -0.2) is 29.8 Å². The first-order chi connectivity index (χ1) is 14.2. The first kappa shape index (κ1) is 21.5. The van der Waals surface area contributed by atoms with Gasteiger partial charge >= 0.3 is 0 Å². The zero-order chi connectivity index (χ0) is 21.7. The van der Waals surface area contributed by atoms with Crippen LogP contribution in [0.1, 0.15) is 29.6 Å². The van der Waals surface area contributed by atoms with Crippen molar-refractivity contribution in [1.29, 1.82) is 0 Å². The number of nitrogens with one attached hydrogen (secondary N) is 2. The Kier molecular flexibility index (Phi) is 6.48. The van der Waals surface area contributed by atoms with Crippen LogP contribution in [-0.2, 0) is 27.9 Å². The number of carbonyl (C=O) groups excluding carboxylic acids is 1. The van der Waals surface area contributed by atoms with Crippen molar-refractivity contribution < 1.29 is 17.6 Å². The second-order valence-electron chi connectivity index (χ2n) is 6.75. The van der Waals surface area contributed by atoms with E-state index in [2.05, 4.69) is 20.3 Å². The van der Waals surface area contributed by atoms with Crippen LogP contribution >= 0.6 is 0 Å². The van der Waals surface area contributed by atoms with E-state index in [1.54, 1.807) is 35.9 Å². The van der Waals surface area contributed by atoms with Crippen molar-refractivity contribution in [3.63, 3.8) is 0 Å². The minimum atomic E-state index is -3.67. The van der Waals surface area contributed by atoms with E-state index in [-0.39, 0.29) is 23.9 Å². The van der Waals surface area contributed by atoms with Gasteiger partial charge in [-0.2, -0.15) is 10.2 Å². The summed E-state index contributed by atoms with van der Waals surface area (Å²) in [6.45, 7) is 5.59. The summed E-state index contributed by atoms with van der Waals surface area (Å²) in [5.74, 6) is 0.219. The van der Waals surface area contributed by atoms with Crippen molar-refractivity contribution in [2.45, 2.75) is 38.8 Å². The summed E-state index contributed by atoms with van der Waals surface area (Å²) in [5, 5.41) is 8.33. The Morgan fingerprint density at radius 3 is 2.53 bits per heavy atom. The molecule has 0 aliphatic rings. The van der Waals surface area contributed by atoms with Gasteiger partial charge in [0.15, 0.2) is 0 Å². The summed E-state index contributed by atoms with van der Waals surface area (Å²) in [7, 11) is -3.67. The number of aromatic nitrogens is 2. The second kappa shape index (κ2) is 9.06. The Balaban J connectivity index is 1.60. The number of nitrogens with zero attached hydrogens (tertiary/aromatic N) is 3. The quantitative estimate of drug-likeness (QED) is 0.420. The van der Waals surface area contributed by atoms with Gasteiger partial charge in [0.2, 0.25) is 10.0 Å². The number of hydrazone groups is 1. The molecule has 2 aromatic heterocycles. The molecule has 3 rings (SSSR count). The number of benzene rings is 1. The molecule has 0 saturated heterocycles. The molecule has 158 valence electrons. The zero-order valence-electron chi connectivity index (χ0n) is 16.9. The molecule has 10 heteroatoms. The lowest BCUT2D eigenvalue weighted by Crippen LogP contribution is -2.25. The van der Waals surface area contributed by atoms with Crippen molar-refractivity contribution in [3.05, 3.63) is 71.4 Å². The Labute approximate surface area is 174 Å². The maximum atomic E-state index is 12.4. The smallest absolute Gasteiger partial charge is 0.261 e. The van der Waals surface area contributed by atoms with Gasteiger partial charge in [-0.05, 0) is 56.7 Å². The first-order valence-electron chi connectivity index (χ1n) is 9.21. The van der Waals surface area contributed by atoms with E-state index in [0.29, 0.717) is 17.0 Å². The molecule has 0 spiro atoms. The van der Waals surface area contributed by atoms with Crippen molar-refractivity contribution in [2.24, 2.45) is 5.10 Å². The van der Waals surface area contributed by atoms with Crippen molar-refractivity contribution in [3.8, 4) is 0 Å². The van der Waals surface area contributed by atoms with E-state index >= 15 is 0 Å². The number of rotatable bonds is 8. The minimum absolute atomic E-state index is 0.0645. The average Bonchev–Trinajstić information content (AvgIpc) is 3.34. The molecule has 1 amide bonds. The number of hydrogen-bond acceptors (Lipinski definition) is 6. The molecule has 0 saturated carbocycles. The molecule has 30 heavy (non-hydrogen) atoms. The van der Waals surface area contributed by atoms with Crippen LogP contribution in [0, 0.1) is 13.8 Å². The van der Waals surface area contributed by atoms with Gasteiger partial charge in [0.25, 0.3) is 5.91 Å². The van der Waals surface area contributed by atoms with Crippen LogP contribution in [0.4, 0.5) is 0 Å². The highest BCUT2D eigenvalue weighted by Gasteiger charge is 2.14. The second-order valence-corrected chi connectivity index (χ2v) is 8.51. The standard InChI is InChI=1S/C20H23N5O4S/c1-14-11-15(2)25(24-14)13-20(26)23-22-16(3)17-6-8-19(9-7-17)30(27,28)21-12-18-5-4-10-29-18/h4-11,21H,12-13H2,1-3H3,(H,23,26). The molecule has 0 unspecified atom stereocenters. The van der Waals surface area contributed by atoms with Gasteiger partial charge in [-0.1, -0.05) is 12.1 Å². The number of carbonyl (C=O) groups is 1. The molecule has 2 heterocycles. The van der Waals surface area contributed by atoms with Crippen LogP contribution in [0.15, 0.2) is 63.1 Å². The lowest BCUT2D eigenvalue weighted by atomic mass is 10.1. The maximum Gasteiger partial charge on any atom is 0.261 e. The predicted molar refractivity (Wildman–Crippen MR) is 111 cm³/mol. The molecule has 0 aliphatic carbocycles. The molecular formula is C20H23N5O4S. The SMILES string of the molecule is CC(=NNC(=O)Cn1nc(C)cc1C)c1ccc(S(=O)(=O)NCc2ccco2)cc1. The molecule has 3 aromatic rings. The number of aryl methyl sites for hydroxylation is 2. The van der Waals surface area contributed by atoms with E-state index in [4.69, 9.17) is 4.42 Å². The van der Waals surface area contributed by atoms with E-state index in [9.17, 15) is 13.2 Å². The fraction of sp³-hybridized carbons (Fsp3) is 0.250. The van der Waals surface area contributed by atoms with Gasteiger partial charge in [-0.15, -0.1) is 0 Å². The summed E-state index contributed by atoms with van der Waals surface area (Å²) < 4.78 is 34.0. The zero-order valence-corrected chi connectivity index (χ0v) is 17.7. The largest absolute Gasteiger partial charge is 0.468 e. The third kappa shape index (κ3) is 5.43. The van der Waals surface area contributed by atoms with Crippen LogP contribution in [0.2, 0.25) is 0 Å². The van der Waals surface area contributed by atoms with E-state index in [1.165, 1.54) is 18.4 Å². The number of furan rings is 1. The van der Waals surface area contributed by atoms with Gasteiger partial charge in [0.05, 0.1) is 29.1 Å². The molecule has 0 radical (unpaired) electrons. The highest BCUT2D eigenvalue weighted by atomic mass is 32.2. The van der Waals surface area contributed by atoms with Crippen LogP contribution in [0.3, 0.4) is 0 Å². The summed E-state index contributed by atoms with van der Waals surface area (Å²) in [6.07, 6.45) is 1.48.